The van der Waals surface area contributed by atoms with Gasteiger partial charge in [0.25, 0.3) is 0 Å². The average Bonchev–Trinajstić information content (AvgIpc) is 2.50. The van der Waals surface area contributed by atoms with Gasteiger partial charge in [-0.2, -0.15) is 0 Å². The molecule has 23 heavy (non-hydrogen) atoms. The number of nitrogens with two attached hydrogens (primary N) is 1. The van der Waals surface area contributed by atoms with E-state index in [1.807, 2.05) is 30.1 Å². The van der Waals surface area contributed by atoms with E-state index in [2.05, 4.69) is 37.8 Å². The van der Waals surface area contributed by atoms with E-state index >= 15 is 0 Å². The molecule has 0 spiro atoms. The number of rotatable bonds is 4. The molecule has 1 aromatic rings. The maximum absolute atomic E-state index is 12.6. The average molecular weight is 340 g/mol. The summed E-state index contributed by atoms with van der Waals surface area (Å²) in [6, 6.07) is 10.5. The van der Waals surface area contributed by atoms with E-state index < -0.39 is 0 Å². The van der Waals surface area contributed by atoms with Crippen molar-refractivity contribution in [2.24, 2.45) is 11.1 Å². The minimum absolute atomic E-state index is 0. The van der Waals surface area contributed by atoms with Crippen LogP contribution in [0.5, 0.6) is 0 Å². The number of carbonyl (C=O) groups excluding carboxylic acids is 1. The number of likely N-dealkylation sites (tertiary alicyclic amines) is 1. The summed E-state index contributed by atoms with van der Waals surface area (Å²) < 4.78 is 0. The van der Waals surface area contributed by atoms with E-state index in [4.69, 9.17) is 5.73 Å². The van der Waals surface area contributed by atoms with Crippen molar-refractivity contribution in [3.05, 3.63) is 35.9 Å². The van der Waals surface area contributed by atoms with Crippen LogP contribution in [0.3, 0.4) is 0 Å². The molecule has 1 aliphatic heterocycles. The highest BCUT2D eigenvalue weighted by atomic mass is 35.5. The molecule has 1 amide bonds. The van der Waals surface area contributed by atoms with Crippen molar-refractivity contribution in [2.75, 3.05) is 26.7 Å². The highest BCUT2D eigenvalue weighted by Gasteiger charge is 2.34. The number of amides is 1. The van der Waals surface area contributed by atoms with E-state index in [1.165, 1.54) is 5.56 Å². The SMILES string of the molecule is CC(c1ccccc1)N(C)C(=O)CN1CCC(N)C(C)(C)C1.Cl. The third-order valence-electron chi connectivity index (χ3n) is 5.01. The van der Waals surface area contributed by atoms with Gasteiger partial charge in [-0.25, -0.2) is 0 Å². The second kappa shape index (κ2) is 8.13. The zero-order valence-corrected chi connectivity index (χ0v) is 15.5. The number of nitrogens with zero attached hydrogens (tertiary/aromatic N) is 2. The fourth-order valence-electron chi connectivity index (χ4n) is 3.09. The van der Waals surface area contributed by atoms with Crippen LogP contribution >= 0.6 is 12.4 Å². The molecule has 0 radical (unpaired) electrons. The molecule has 2 atom stereocenters. The van der Waals surface area contributed by atoms with Gasteiger partial charge in [-0.3, -0.25) is 9.69 Å². The first-order chi connectivity index (χ1) is 10.3. The van der Waals surface area contributed by atoms with E-state index in [0.29, 0.717) is 6.54 Å². The molecule has 0 aliphatic carbocycles. The standard InChI is InChI=1S/C18H29N3O.ClH/c1-14(15-8-6-5-7-9-15)20(4)17(22)12-21-11-10-16(19)18(2,3)13-21;/h5-9,14,16H,10-13,19H2,1-4H3;1H. The Kier molecular flexibility index (Phi) is 7.05. The van der Waals surface area contributed by atoms with E-state index in [9.17, 15) is 4.79 Å². The van der Waals surface area contributed by atoms with Crippen molar-refractivity contribution in [1.29, 1.82) is 0 Å². The number of hydrogen-bond donors (Lipinski definition) is 1. The number of likely N-dealkylation sites (N-methyl/N-ethyl adjacent to an activating group) is 1. The molecule has 0 saturated carbocycles. The van der Waals surface area contributed by atoms with Gasteiger partial charge < -0.3 is 10.6 Å². The molecule has 2 rings (SSSR count). The Hall–Kier alpha value is -1.10. The second-order valence-corrected chi connectivity index (χ2v) is 7.19. The summed E-state index contributed by atoms with van der Waals surface area (Å²) in [5.74, 6) is 0.169. The zero-order chi connectivity index (χ0) is 16.3. The minimum Gasteiger partial charge on any atom is -0.338 e. The lowest BCUT2D eigenvalue weighted by molar-refractivity contribution is -0.133. The quantitative estimate of drug-likeness (QED) is 0.917. The van der Waals surface area contributed by atoms with Crippen LogP contribution in [0, 0.1) is 5.41 Å². The Balaban J connectivity index is 0.00000264. The summed E-state index contributed by atoms with van der Waals surface area (Å²) in [5, 5.41) is 0. The molecule has 1 aromatic carbocycles. The summed E-state index contributed by atoms with van der Waals surface area (Å²) in [6.45, 7) is 8.71. The first-order valence-electron chi connectivity index (χ1n) is 8.10. The molecule has 2 unspecified atom stereocenters. The van der Waals surface area contributed by atoms with Crippen molar-refractivity contribution in [2.45, 2.75) is 39.3 Å². The largest absolute Gasteiger partial charge is 0.338 e. The van der Waals surface area contributed by atoms with Crippen molar-refractivity contribution in [1.82, 2.24) is 9.80 Å². The number of hydrogen-bond acceptors (Lipinski definition) is 3. The van der Waals surface area contributed by atoms with Gasteiger partial charge in [0.2, 0.25) is 5.91 Å². The smallest absolute Gasteiger partial charge is 0.236 e. The molecule has 1 fully saturated rings. The summed E-state index contributed by atoms with van der Waals surface area (Å²) in [7, 11) is 1.89. The molecule has 1 saturated heterocycles. The maximum atomic E-state index is 12.6. The van der Waals surface area contributed by atoms with Gasteiger partial charge in [0.05, 0.1) is 12.6 Å². The van der Waals surface area contributed by atoms with Gasteiger partial charge >= 0.3 is 0 Å². The normalized spacial score (nSPS) is 22.0. The number of piperidine rings is 1. The summed E-state index contributed by atoms with van der Waals surface area (Å²) >= 11 is 0. The number of carbonyl (C=O) groups is 1. The zero-order valence-electron chi connectivity index (χ0n) is 14.7. The predicted octanol–water partition coefficient (Wildman–Crippen LogP) is 2.69. The van der Waals surface area contributed by atoms with Crippen molar-refractivity contribution in [3.8, 4) is 0 Å². The van der Waals surface area contributed by atoms with E-state index in [1.54, 1.807) is 0 Å². The third-order valence-corrected chi connectivity index (χ3v) is 5.01. The minimum atomic E-state index is 0. The van der Waals surface area contributed by atoms with Gasteiger partial charge in [0.15, 0.2) is 0 Å². The van der Waals surface area contributed by atoms with Crippen LogP contribution in [-0.4, -0.2) is 48.4 Å². The topological polar surface area (TPSA) is 49.6 Å². The van der Waals surface area contributed by atoms with Crippen LogP contribution in [0.1, 0.15) is 38.8 Å². The molecule has 2 N–H and O–H groups in total. The molecule has 1 aliphatic rings. The lowest BCUT2D eigenvalue weighted by Gasteiger charge is -2.42. The van der Waals surface area contributed by atoms with Gasteiger partial charge in [0.1, 0.15) is 0 Å². The maximum Gasteiger partial charge on any atom is 0.236 e. The molecular weight excluding hydrogens is 310 g/mol. The molecular formula is C18H30ClN3O. The van der Waals surface area contributed by atoms with Crippen LogP contribution in [0.2, 0.25) is 0 Å². The molecule has 1 heterocycles. The van der Waals surface area contributed by atoms with Gasteiger partial charge in [-0.15, -0.1) is 12.4 Å². The van der Waals surface area contributed by atoms with Gasteiger partial charge in [-0.05, 0) is 24.3 Å². The fourth-order valence-corrected chi connectivity index (χ4v) is 3.09. The Morgan fingerprint density at radius 1 is 1.39 bits per heavy atom. The van der Waals surface area contributed by atoms with Crippen molar-refractivity contribution < 1.29 is 4.79 Å². The van der Waals surface area contributed by atoms with Crippen molar-refractivity contribution in [3.63, 3.8) is 0 Å². The monoisotopic (exact) mass is 339 g/mol. The highest BCUT2D eigenvalue weighted by molar-refractivity contribution is 5.85. The molecule has 0 aromatic heterocycles. The molecule has 4 nitrogen and oxygen atoms in total. The number of benzene rings is 1. The second-order valence-electron chi connectivity index (χ2n) is 7.19. The van der Waals surface area contributed by atoms with Crippen LogP contribution in [0.4, 0.5) is 0 Å². The van der Waals surface area contributed by atoms with E-state index in [0.717, 1.165) is 19.5 Å². The Morgan fingerprint density at radius 2 is 2.00 bits per heavy atom. The Labute approximate surface area is 146 Å². The fraction of sp³-hybridized carbons (Fsp3) is 0.611. The first kappa shape index (κ1) is 19.9. The lowest BCUT2D eigenvalue weighted by Crippen LogP contribution is -2.54. The molecule has 5 heteroatoms. The molecule has 0 bridgehead atoms. The summed E-state index contributed by atoms with van der Waals surface area (Å²) in [5.41, 5.74) is 7.41. The molecule has 130 valence electrons. The van der Waals surface area contributed by atoms with Crippen LogP contribution in [0.15, 0.2) is 30.3 Å². The summed E-state index contributed by atoms with van der Waals surface area (Å²) in [6.07, 6.45) is 0.957. The van der Waals surface area contributed by atoms with Gasteiger partial charge in [0, 0.05) is 26.2 Å². The highest BCUT2D eigenvalue weighted by Crippen LogP contribution is 2.28. The van der Waals surface area contributed by atoms with Gasteiger partial charge in [-0.1, -0.05) is 44.2 Å². The summed E-state index contributed by atoms with van der Waals surface area (Å²) in [4.78, 5) is 16.7. The van der Waals surface area contributed by atoms with Crippen LogP contribution in [-0.2, 0) is 4.79 Å². The Morgan fingerprint density at radius 3 is 2.57 bits per heavy atom. The number of halogens is 1. The third kappa shape index (κ3) is 4.93. The van der Waals surface area contributed by atoms with Crippen molar-refractivity contribution >= 4 is 18.3 Å². The van der Waals surface area contributed by atoms with E-state index in [-0.39, 0.29) is 35.8 Å². The predicted molar refractivity (Wildman–Crippen MR) is 97.7 cm³/mol. The first-order valence-corrected chi connectivity index (χ1v) is 8.10. The lowest BCUT2D eigenvalue weighted by atomic mass is 9.80. The Bertz CT molecular complexity index is 506. The van der Waals surface area contributed by atoms with Crippen LogP contribution in [0.25, 0.3) is 0 Å². The van der Waals surface area contributed by atoms with Crippen LogP contribution < -0.4 is 5.73 Å².